The van der Waals surface area contributed by atoms with Gasteiger partial charge in [0, 0.05) is 18.0 Å². The number of aryl methyl sites for hydroxylation is 1. The number of hydrogen-bond donors (Lipinski definition) is 1. The molecule has 1 aromatic heterocycles. The minimum absolute atomic E-state index is 0.0338. The summed E-state index contributed by atoms with van der Waals surface area (Å²) in [5.74, 6) is 0.955. The first kappa shape index (κ1) is 17.7. The number of hydrogen-bond acceptors (Lipinski definition) is 4. The van der Waals surface area contributed by atoms with Crippen molar-refractivity contribution >= 4 is 17.2 Å². The van der Waals surface area contributed by atoms with E-state index in [-0.39, 0.29) is 11.9 Å². The average Bonchev–Trinajstić information content (AvgIpc) is 3.08. The molecule has 1 aromatic carbocycles. The van der Waals surface area contributed by atoms with Crippen LogP contribution < -0.4 is 10.1 Å². The molecule has 1 N–H and O–H groups in total. The van der Waals surface area contributed by atoms with Crippen LogP contribution in [0.25, 0.3) is 0 Å². The molecule has 0 fully saturated rings. The van der Waals surface area contributed by atoms with Crippen molar-refractivity contribution in [3.63, 3.8) is 0 Å². The zero-order valence-corrected chi connectivity index (χ0v) is 15.3. The van der Waals surface area contributed by atoms with E-state index >= 15 is 0 Å². The highest BCUT2D eigenvalue weighted by Crippen LogP contribution is 2.33. The van der Waals surface area contributed by atoms with Gasteiger partial charge < -0.3 is 15.0 Å². The summed E-state index contributed by atoms with van der Waals surface area (Å²) >= 11 is 1.77. The summed E-state index contributed by atoms with van der Waals surface area (Å²) in [6, 6.07) is 10.1. The monoisotopic (exact) mass is 356 g/mol. The number of rotatable bonds is 7. The van der Waals surface area contributed by atoms with Gasteiger partial charge in [0.05, 0.1) is 12.6 Å². The highest BCUT2D eigenvalue weighted by Gasteiger charge is 2.31. The summed E-state index contributed by atoms with van der Waals surface area (Å²) in [5.41, 5.74) is 2.39. The number of ether oxygens (including phenoxy) is 1. The van der Waals surface area contributed by atoms with Gasteiger partial charge >= 0.3 is 0 Å². The lowest BCUT2D eigenvalue weighted by Gasteiger charge is -2.36. The first-order chi connectivity index (χ1) is 12.2. The molecule has 1 unspecified atom stereocenters. The molecule has 5 heteroatoms. The van der Waals surface area contributed by atoms with E-state index in [4.69, 9.17) is 4.74 Å². The second-order valence-corrected chi connectivity index (χ2v) is 7.20. The molecule has 3 rings (SSSR count). The highest BCUT2D eigenvalue weighted by atomic mass is 32.1. The third kappa shape index (κ3) is 4.30. The Morgan fingerprint density at radius 3 is 3.16 bits per heavy atom. The lowest BCUT2D eigenvalue weighted by molar-refractivity contribution is -0.133. The van der Waals surface area contributed by atoms with Gasteiger partial charge in [0.25, 0.3) is 0 Å². The number of amides is 1. The van der Waals surface area contributed by atoms with Crippen LogP contribution in [0, 0.1) is 6.92 Å². The Morgan fingerprint density at radius 1 is 1.48 bits per heavy atom. The number of fused-ring (bicyclic) bond motifs is 1. The number of thiophene rings is 1. The van der Waals surface area contributed by atoms with Crippen molar-refractivity contribution in [3.8, 4) is 5.75 Å². The Bertz CT molecular complexity index is 741. The van der Waals surface area contributed by atoms with Gasteiger partial charge in [-0.05, 0) is 48.1 Å². The van der Waals surface area contributed by atoms with Gasteiger partial charge in [-0.15, -0.1) is 17.9 Å². The van der Waals surface area contributed by atoms with Gasteiger partial charge in [-0.2, -0.15) is 0 Å². The molecule has 0 bridgehead atoms. The lowest BCUT2D eigenvalue weighted by atomic mass is 10.0. The van der Waals surface area contributed by atoms with Gasteiger partial charge in [-0.25, -0.2) is 0 Å². The topological polar surface area (TPSA) is 41.6 Å². The maximum absolute atomic E-state index is 12.7. The molecular weight excluding hydrogens is 332 g/mol. The van der Waals surface area contributed by atoms with E-state index in [9.17, 15) is 4.79 Å². The predicted octanol–water partition coefficient (Wildman–Crippen LogP) is 3.34. The van der Waals surface area contributed by atoms with E-state index in [2.05, 4.69) is 23.3 Å². The number of nitrogens with zero attached hydrogens (tertiary/aromatic N) is 1. The van der Waals surface area contributed by atoms with Gasteiger partial charge in [-0.1, -0.05) is 18.2 Å². The summed E-state index contributed by atoms with van der Waals surface area (Å²) in [6.45, 7) is 7.89. The van der Waals surface area contributed by atoms with Crippen LogP contribution in [0.15, 0.2) is 48.4 Å². The van der Waals surface area contributed by atoms with Gasteiger partial charge in [0.2, 0.25) is 5.91 Å². The molecule has 0 aliphatic carbocycles. The molecule has 2 heterocycles. The SMILES string of the molecule is C=CCNCC(=O)N1CCc2sccc2C1COc1cccc(C)c1. The zero-order valence-electron chi connectivity index (χ0n) is 14.5. The van der Waals surface area contributed by atoms with Gasteiger partial charge in [0.1, 0.15) is 12.4 Å². The fourth-order valence-corrected chi connectivity index (χ4v) is 4.07. The first-order valence-corrected chi connectivity index (χ1v) is 9.44. The van der Waals surface area contributed by atoms with Crippen molar-refractivity contribution in [2.75, 3.05) is 26.2 Å². The Kier molecular flexibility index (Phi) is 5.89. The Balaban J connectivity index is 1.73. The van der Waals surface area contributed by atoms with Crippen molar-refractivity contribution < 1.29 is 9.53 Å². The number of carbonyl (C=O) groups excluding carboxylic acids is 1. The fraction of sp³-hybridized carbons (Fsp3) is 0.350. The Labute approximate surface area is 153 Å². The van der Waals surface area contributed by atoms with Crippen molar-refractivity contribution in [2.45, 2.75) is 19.4 Å². The van der Waals surface area contributed by atoms with Gasteiger partial charge in [-0.3, -0.25) is 4.79 Å². The summed E-state index contributed by atoms with van der Waals surface area (Å²) in [7, 11) is 0. The molecule has 1 atom stereocenters. The summed E-state index contributed by atoms with van der Waals surface area (Å²) < 4.78 is 6.03. The average molecular weight is 356 g/mol. The number of nitrogens with one attached hydrogen (secondary N) is 1. The van der Waals surface area contributed by atoms with E-state index in [0.29, 0.717) is 19.7 Å². The quantitative estimate of drug-likeness (QED) is 0.611. The Morgan fingerprint density at radius 2 is 2.36 bits per heavy atom. The van der Waals surface area contributed by atoms with E-state index in [1.807, 2.05) is 36.1 Å². The number of benzene rings is 1. The molecule has 25 heavy (non-hydrogen) atoms. The Hall–Kier alpha value is -2.11. The lowest BCUT2D eigenvalue weighted by Crippen LogP contribution is -2.45. The molecule has 2 aromatic rings. The van der Waals surface area contributed by atoms with E-state index in [1.165, 1.54) is 16.0 Å². The predicted molar refractivity (Wildman–Crippen MR) is 102 cm³/mol. The molecule has 4 nitrogen and oxygen atoms in total. The standard InChI is InChI=1S/C20H24N2O2S/c1-3-9-21-13-20(23)22-10-7-19-17(8-11-25-19)18(22)14-24-16-6-4-5-15(2)12-16/h3-6,8,11-12,18,21H,1,7,9-10,13-14H2,2H3. The van der Waals surface area contributed by atoms with Crippen LogP contribution in [-0.2, 0) is 11.2 Å². The van der Waals surface area contributed by atoms with Crippen molar-refractivity contribution in [1.82, 2.24) is 10.2 Å². The summed E-state index contributed by atoms with van der Waals surface area (Å²) in [5, 5.41) is 5.21. The molecule has 0 saturated carbocycles. The van der Waals surface area contributed by atoms with E-state index in [0.717, 1.165) is 18.7 Å². The maximum atomic E-state index is 12.7. The third-order valence-corrected chi connectivity index (χ3v) is 5.37. The largest absolute Gasteiger partial charge is 0.491 e. The normalized spacial score (nSPS) is 16.4. The zero-order chi connectivity index (χ0) is 17.6. The minimum atomic E-state index is -0.0338. The minimum Gasteiger partial charge on any atom is -0.491 e. The van der Waals surface area contributed by atoms with Crippen LogP contribution in [-0.4, -0.2) is 37.0 Å². The molecule has 1 aliphatic heterocycles. The van der Waals surface area contributed by atoms with Crippen LogP contribution in [0.2, 0.25) is 0 Å². The van der Waals surface area contributed by atoms with Crippen molar-refractivity contribution in [1.29, 1.82) is 0 Å². The number of carbonyl (C=O) groups is 1. The van der Waals surface area contributed by atoms with Crippen LogP contribution >= 0.6 is 11.3 Å². The molecule has 1 amide bonds. The van der Waals surface area contributed by atoms with Crippen LogP contribution in [0.4, 0.5) is 0 Å². The molecule has 0 spiro atoms. The second kappa shape index (κ2) is 8.32. The van der Waals surface area contributed by atoms with Crippen LogP contribution in [0.3, 0.4) is 0 Å². The van der Waals surface area contributed by atoms with Gasteiger partial charge in [0.15, 0.2) is 0 Å². The fourth-order valence-electron chi connectivity index (χ4n) is 3.14. The van der Waals surface area contributed by atoms with Crippen LogP contribution in [0.1, 0.15) is 22.0 Å². The molecule has 132 valence electrons. The third-order valence-electron chi connectivity index (χ3n) is 4.38. The summed E-state index contributed by atoms with van der Waals surface area (Å²) in [4.78, 5) is 16.0. The second-order valence-electron chi connectivity index (χ2n) is 6.20. The van der Waals surface area contributed by atoms with E-state index < -0.39 is 0 Å². The molecule has 1 aliphatic rings. The maximum Gasteiger partial charge on any atom is 0.237 e. The first-order valence-electron chi connectivity index (χ1n) is 8.56. The van der Waals surface area contributed by atoms with Crippen molar-refractivity contribution in [2.24, 2.45) is 0 Å². The smallest absolute Gasteiger partial charge is 0.237 e. The molecular formula is C20H24N2O2S. The highest BCUT2D eigenvalue weighted by molar-refractivity contribution is 7.10. The van der Waals surface area contributed by atoms with Crippen molar-refractivity contribution in [3.05, 3.63) is 64.4 Å². The molecule has 0 radical (unpaired) electrons. The molecule has 0 saturated heterocycles. The van der Waals surface area contributed by atoms with Crippen LogP contribution in [0.5, 0.6) is 5.75 Å². The van der Waals surface area contributed by atoms with E-state index in [1.54, 1.807) is 17.4 Å². The summed E-state index contributed by atoms with van der Waals surface area (Å²) in [6.07, 6.45) is 2.68.